The van der Waals surface area contributed by atoms with Gasteiger partial charge in [0.1, 0.15) is 5.75 Å². The number of pyridine rings is 1. The van der Waals surface area contributed by atoms with E-state index in [0.717, 1.165) is 18.4 Å². The van der Waals surface area contributed by atoms with Crippen molar-refractivity contribution in [1.82, 2.24) is 4.98 Å². The van der Waals surface area contributed by atoms with E-state index in [1.54, 1.807) is 12.3 Å². The molecular formula is C13H18BNO3. The predicted molar refractivity (Wildman–Crippen MR) is 68.5 cm³/mol. The highest BCUT2D eigenvalue weighted by molar-refractivity contribution is 6.58. The molecule has 5 heteroatoms. The molecule has 0 amide bonds. The summed E-state index contributed by atoms with van der Waals surface area (Å²) < 4.78 is 5.75. The lowest BCUT2D eigenvalue weighted by molar-refractivity contribution is 0.195. The van der Waals surface area contributed by atoms with Gasteiger partial charge in [-0.2, -0.15) is 0 Å². The van der Waals surface area contributed by atoms with E-state index in [-0.39, 0.29) is 0 Å². The maximum absolute atomic E-state index is 9.07. The Bertz CT molecular complexity index is 426. The van der Waals surface area contributed by atoms with Gasteiger partial charge in [-0.1, -0.05) is 6.42 Å². The lowest BCUT2D eigenvalue weighted by atomic mass is 9.82. The van der Waals surface area contributed by atoms with Crippen molar-refractivity contribution in [3.63, 3.8) is 0 Å². The lowest BCUT2D eigenvalue weighted by Crippen LogP contribution is -2.30. The molecule has 2 fully saturated rings. The molecule has 0 aliphatic heterocycles. The molecule has 2 aliphatic carbocycles. The number of hydrogen-bond donors (Lipinski definition) is 2. The van der Waals surface area contributed by atoms with Crippen LogP contribution >= 0.6 is 0 Å². The van der Waals surface area contributed by atoms with Crippen LogP contribution in [-0.4, -0.2) is 28.8 Å². The molecule has 2 N–H and O–H groups in total. The Labute approximate surface area is 107 Å². The summed E-state index contributed by atoms with van der Waals surface area (Å²) in [7, 11) is -1.48. The van der Waals surface area contributed by atoms with Gasteiger partial charge in [-0.05, 0) is 43.1 Å². The van der Waals surface area contributed by atoms with Crippen molar-refractivity contribution in [2.45, 2.75) is 25.7 Å². The van der Waals surface area contributed by atoms with Gasteiger partial charge in [0.2, 0.25) is 0 Å². The Balaban J connectivity index is 1.58. The van der Waals surface area contributed by atoms with Gasteiger partial charge in [-0.25, -0.2) is 0 Å². The van der Waals surface area contributed by atoms with E-state index in [9.17, 15) is 0 Å². The largest absolute Gasteiger partial charge is 0.492 e. The molecule has 3 atom stereocenters. The van der Waals surface area contributed by atoms with Crippen LogP contribution in [0.2, 0.25) is 0 Å². The van der Waals surface area contributed by atoms with Gasteiger partial charge in [0.25, 0.3) is 0 Å². The topological polar surface area (TPSA) is 62.6 Å². The van der Waals surface area contributed by atoms with E-state index < -0.39 is 7.12 Å². The van der Waals surface area contributed by atoms with Crippen molar-refractivity contribution in [2.24, 2.45) is 17.8 Å². The second kappa shape index (κ2) is 4.90. The Kier molecular flexibility index (Phi) is 3.26. The van der Waals surface area contributed by atoms with E-state index in [1.807, 2.05) is 0 Å². The molecule has 1 heterocycles. The Morgan fingerprint density at radius 2 is 2.17 bits per heavy atom. The third-order valence-corrected chi connectivity index (χ3v) is 4.38. The summed E-state index contributed by atoms with van der Waals surface area (Å²) in [6.07, 6.45) is 8.48. The Morgan fingerprint density at radius 1 is 1.28 bits per heavy atom. The van der Waals surface area contributed by atoms with Gasteiger partial charge in [0.15, 0.2) is 0 Å². The third kappa shape index (κ3) is 2.38. The fourth-order valence-electron chi connectivity index (χ4n) is 3.44. The van der Waals surface area contributed by atoms with Gasteiger partial charge in [0.05, 0.1) is 12.8 Å². The van der Waals surface area contributed by atoms with E-state index in [0.29, 0.717) is 17.1 Å². The molecule has 0 spiro atoms. The number of ether oxygens (including phenoxy) is 1. The number of fused-ring (bicyclic) bond motifs is 2. The second-order valence-corrected chi connectivity index (χ2v) is 5.57. The normalized spacial score (nSPS) is 29.6. The van der Waals surface area contributed by atoms with Gasteiger partial charge < -0.3 is 14.8 Å². The van der Waals surface area contributed by atoms with E-state index in [1.165, 1.54) is 31.9 Å². The molecule has 3 rings (SSSR count). The van der Waals surface area contributed by atoms with Crippen molar-refractivity contribution in [2.75, 3.05) is 6.61 Å². The standard InChI is InChI=1S/C13H18BNO3/c16-14(17)12-5-13(7-15-6-12)18-8-11-4-9-1-2-10(11)3-9/h5-7,9-11,16-17H,1-4,8H2. The molecule has 3 unspecified atom stereocenters. The van der Waals surface area contributed by atoms with Crippen LogP contribution in [0.4, 0.5) is 0 Å². The highest BCUT2D eigenvalue weighted by atomic mass is 16.5. The highest BCUT2D eigenvalue weighted by Gasteiger charge is 2.39. The van der Waals surface area contributed by atoms with Crippen LogP contribution in [0.1, 0.15) is 25.7 Å². The molecule has 18 heavy (non-hydrogen) atoms. The lowest BCUT2D eigenvalue weighted by Gasteiger charge is -2.21. The summed E-state index contributed by atoms with van der Waals surface area (Å²) in [5, 5.41) is 18.1. The average molecular weight is 247 g/mol. The first kappa shape index (κ1) is 12.0. The number of hydrogen-bond acceptors (Lipinski definition) is 4. The summed E-state index contributed by atoms with van der Waals surface area (Å²) in [4.78, 5) is 3.95. The van der Waals surface area contributed by atoms with Crippen LogP contribution < -0.4 is 10.2 Å². The number of rotatable bonds is 4. The van der Waals surface area contributed by atoms with E-state index >= 15 is 0 Å². The van der Waals surface area contributed by atoms with Gasteiger partial charge in [-0.3, -0.25) is 4.98 Å². The van der Waals surface area contributed by atoms with Crippen molar-refractivity contribution in [3.8, 4) is 5.75 Å². The van der Waals surface area contributed by atoms with Crippen LogP contribution in [0.15, 0.2) is 18.5 Å². The van der Waals surface area contributed by atoms with E-state index in [2.05, 4.69) is 4.98 Å². The monoisotopic (exact) mass is 247 g/mol. The first-order valence-electron chi connectivity index (χ1n) is 6.66. The van der Waals surface area contributed by atoms with Gasteiger partial charge in [-0.15, -0.1) is 0 Å². The van der Waals surface area contributed by atoms with Crippen LogP contribution in [0.5, 0.6) is 5.75 Å². The minimum absolute atomic E-state index is 0.375. The zero-order valence-corrected chi connectivity index (χ0v) is 10.3. The average Bonchev–Trinajstić information content (AvgIpc) is 2.99. The Hall–Kier alpha value is -1.07. The van der Waals surface area contributed by atoms with Crippen molar-refractivity contribution in [3.05, 3.63) is 18.5 Å². The summed E-state index contributed by atoms with van der Waals surface area (Å²) in [6.45, 7) is 0.730. The van der Waals surface area contributed by atoms with Crippen molar-refractivity contribution < 1.29 is 14.8 Å². The van der Waals surface area contributed by atoms with Gasteiger partial charge in [0, 0.05) is 11.7 Å². The molecule has 4 nitrogen and oxygen atoms in total. The third-order valence-electron chi connectivity index (χ3n) is 4.38. The smallest absolute Gasteiger partial charge is 0.490 e. The van der Waals surface area contributed by atoms with Crippen LogP contribution in [0.25, 0.3) is 0 Å². The molecule has 96 valence electrons. The predicted octanol–water partition coefficient (Wildman–Crippen LogP) is 0.576. The summed E-state index contributed by atoms with van der Waals surface area (Å²) in [5.41, 5.74) is 0.375. The number of aromatic nitrogens is 1. The molecule has 2 bridgehead atoms. The number of nitrogens with zero attached hydrogens (tertiary/aromatic N) is 1. The summed E-state index contributed by atoms with van der Waals surface area (Å²) in [6, 6.07) is 1.64. The first-order chi connectivity index (χ1) is 8.72. The zero-order chi connectivity index (χ0) is 12.5. The minimum atomic E-state index is -1.48. The molecule has 1 aromatic rings. The fourth-order valence-corrected chi connectivity index (χ4v) is 3.44. The molecule has 0 saturated heterocycles. The molecule has 2 aliphatic rings. The molecule has 2 saturated carbocycles. The van der Waals surface area contributed by atoms with Crippen LogP contribution in [-0.2, 0) is 0 Å². The minimum Gasteiger partial charge on any atom is -0.492 e. The Morgan fingerprint density at radius 3 is 2.83 bits per heavy atom. The van der Waals surface area contributed by atoms with Crippen molar-refractivity contribution >= 4 is 12.6 Å². The SMILES string of the molecule is OB(O)c1cncc(OCC2CC3CCC2C3)c1. The zero-order valence-electron chi connectivity index (χ0n) is 10.3. The van der Waals surface area contributed by atoms with E-state index in [4.69, 9.17) is 14.8 Å². The fraction of sp³-hybridized carbons (Fsp3) is 0.615. The van der Waals surface area contributed by atoms with Crippen molar-refractivity contribution in [1.29, 1.82) is 0 Å². The summed E-state index contributed by atoms with van der Waals surface area (Å²) >= 11 is 0. The van der Waals surface area contributed by atoms with Gasteiger partial charge >= 0.3 is 7.12 Å². The first-order valence-corrected chi connectivity index (χ1v) is 6.66. The molecule has 0 radical (unpaired) electrons. The molecule has 0 aromatic carbocycles. The maximum atomic E-state index is 9.07. The van der Waals surface area contributed by atoms with Crippen LogP contribution in [0, 0.1) is 17.8 Å². The second-order valence-electron chi connectivity index (χ2n) is 5.57. The highest BCUT2D eigenvalue weighted by Crippen LogP contribution is 2.48. The summed E-state index contributed by atoms with van der Waals surface area (Å²) in [5.74, 6) is 3.07. The molecule has 1 aromatic heterocycles. The molecular weight excluding hydrogens is 229 g/mol. The van der Waals surface area contributed by atoms with Crippen LogP contribution in [0.3, 0.4) is 0 Å². The quantitative estimate of drug-likeness (QED) is 0.764. The maximum Gasteiger partial charge on any atom is 0.490 e.